The highest BCUT2D eigenvalue weighted by Crippen LogP contribution is 2.39. The van der Waals surface area contributed by atoms with Crippen LogP contribution < -0.4 is 0 Å². The van der Waals surface area contributed by atoms with E-state index in [2.05, 4.69) is 71.5 Å². The number of thioether (sulfide) groups is 1. The van der Waals surface area contributed by atoms with Crippen molar-refractivity contribution in [1.82, 2.24) is 9.80 Å². The fourth-order valence-electron chi connectivity index (χ4n) is 3.50. The standard InChI is InChI=1S/C21H24N2S/c1-22-12-14-23(15-13-22)11-10-19-18-7-3-2-6-17(18)16-24-21-9-5-4-8-20(19)21/h2-10H,11-16H2,1H3/b19-10+. The Morgan fingerprint density at radius 3 is 2.46 bits per heavy atom. The third kappa shape index (κ3) is 3.30. The molecule has 4 rings (SSSR count). The van der Waals surface area contributed by atoms with Crippen LogP contribution in [0.15, 0.2) is 59.5 Å². The first-order chi connectivity index (χ1) is 11.8. The summed E-state index contributed by atoms with van der Waals surface area (Å²) in [6.45, 7) is 5.71. The third-order valence-corrected chi connectivity index (χ3v) is 6.14. The molecule has 0 amide bonds. The van der Waals surface area contributed by atoms with Crippen molar-refractivity contribution in [3.8, 4) is 0 Å². The molecule has 0 saturated carbocycles. The van der Waals surface area contributed by atoms with Gasteiger partial charge in [0.15, 0.2) is 0 Å². The Bertz CT molecular complexity index is 696. The monoisotopic (exact) mass is 336 g/mol. The molecule has 0 atom stereocenters. The lowest BCUT2D eigenvalue weighted by Gasteiger charge is -2.31. The van der Waals surface area contributed by atoms with Crippen LogP contribution in [0, 0.1) is 0 Å². The Morgan fingerprint density at radius 1 is 0.917 bits per heavy atom. The van der Waals surface area contributed by atoms with Crippen LogP contribution in [0.1, 0.15) is 16.7 Å². The highest BCUT2D eigenvalue weighted by atomic mass is 32.2. The van der Waals surface area contributed by atoms with E-state index in [0.717, 1.165) is 12.3 Å². The molecule has 2 aliphatic heterocycles. The van der Waals surface area contributed by atoms with Gasteiger partial charge in [0.1, 0.15) is 0 Å². The summed E-state index contributed by atoms with van der Waals surface area (Å²) in [7, 11) is 2.21. The van der Waals surface area contributed by atoms with Crippen LogP contribution in [0.2, 0.25) is 0 Å². The second-order valence-corrected chi connectivity index (χ2v) is 7.68. The lowest BCUT2D eigenvalue weighted by atomic mass is 9.94. The van der Waals surface area contributed by atoms with Gasteiger partial charge in [-0.2, -0.15) is 0 Å². The SMILES string of the molecule is CN1CCN(C/C=C2\c3ccccc3CSc3ccccc32)CC1. The van der Waals surface area contributed by atoms with E-state index < -0.39 is 0 Å². The molecule has 0 aromatic heterocycles. The molecular weight excluding hydrogens is 312 g/mol. The van der Waals surface area contributed by atoms with Crippen molar-refractivity contribution < 1.29 is 0 Å². The second kappa shape index (κ2) is 7.14. The number of nitrogens with zero attached hydrogens (tertiary/aromatic N) is 2. The number of hydrogen-bond donors (Lipinski definition) is 0. The predicted octanol–water partition coefficient (Wildman–Crippen LogP) is 3.97. The van der Waals surface area contributed by atoms with Gasteiger partial charge in [0.2, 0.25) is 0 Å². The molecule has 0 N–H and O–H groups in total. The first-order valence-corrected chi connectivity index (χ1v) is 9.71. The van der Waals surface area contributed by atoms with E-state index in [1.54, 1.807) is 0 Å². The van der Waals surface area contributed by atoms with Crippen molar-refractivity contribution in [2.45, 2.75) is 10.6 Å². The molecule has 0 aliphatic carbocycles. The molecule has 2 aromatic rings. The number of rotatable bonds is 2. The average molecular weight is 337 g/mol. The summed E-state index contributed by atoms with van der Waals surface area (Å²) < 4.78 is 0. The van der Waals surface area contributed by atoms with Gasteiger partial charge in [0, 0.05) is 43.4 Å². The lowest BCUT2D eigenvalue weighted by molar-refractivity contribution is 0.166. The number of piperazine rings is 1. The molecular formula is C21H24N2S. The summed E-state index contributed by atoms with van der Waals surface area (Å²) in [4.78, 5) is 6.38. The summed E-state index contributed by atoms with van der Waals surface area (Å²) in [6, 6.07) is 17.7. The van der Waals surface area contributed by atoms with Crippen LogP contribution in [0.5, 0.6) is 0 Å². The highest BCUT2D eigenvalue weighted by Gasteiger charge is 2.19. The fourth-order valence-corrected chi connectivity index (χ4v) is 4.57. The molecule has 1 saturated heterocycles. The van der Waals surface area contributed by atoms with Gasteiger partial charge in [0.05, 0.1) is 0 Å². The summed E-state index contributed by atoms with van der Waals surface area (Å²) in [6.07, 6.45) is 2.45. The maximum Gasteiger partial charge on any atom is 0.0238 e. The largest absolute Gasteiger partial charge is 0.304 e. The molecule has 24 heavy (non-hydrogen) atoms. The van der Waals surface area contributed by atoms with Gasteiger partial charge in [0.25, 0.3) is 0 Å². The summed E-state index contributed by atoms with van der Waals surface area (Å²) in [5.41, 5.74) is 5.65. The second-order valence-electron chi connectivity index (χ2n) is 6.66. The van der Waals surface area contributed by atoms with Crippen molar-refractivity contribution in [2.24, 2.45) is 0 Å². The van der Waals surface area contributed by atoms with Crippen molar-refractivity contribution in [1.29, 1.82) is 0 Å². The first kappa shape index (κ1) is 15.9. The molecule has 124 valence electrons. The van der Waals surface area contributed by atoms with Gasteiger partial charge in [-0.25, -0.2) is 0 Å². The van der Waals surface area contributed by atoms with Crippen molar-refractivity contribution >= 4 is 17.3 Å². The first-order valence-electron chi connectivity index (χ1n) is 8.73. The smallest absolute Gasteiger partial charge is 0.0238 e. The van der Waals surface area contributed by atoms with Gasteiger partial charge in [-0.15, -0.1) is 11.8 Å². The van der Waals surface area contributed by atoms with Crippen LogP contribution >= 0.6 is 11.8 Å². The molecule has 0 radical (unpaired) electrons. The van der Waals surface area contributed by atoms with E-state index in [4.69, 9.17) is 0 Å². The van der Waals surface area contributed by atoms with Crippen molar-refractivity contribution in [3.63, 3.8) is 0 Å². The molecule has 0 unspecified atom stereocenters. The van der Waals surface area contributed by atoms with Gasteiger partial charge >= 0.3 is 0 Å². The minimum Gasteiger partial charge on any atom is -0.304 e. The van der Waals surface area contributed by atoms with Crippen molar-refractivity contribution in [2.75, 3.05) is 39.8 Å². The summed E-state index contributed by atoms with van der Waals surface area (Å²) in [5, 5.41) is 0. The summed E-state index contributed by atoms with van der Waals surface area (Å²) in [5.74, 6) is 1.05. The quantitative estimate of drug-likeness (QED) is 0.819. The topological polar surface area (TPSA) is 6.48 Å². The Hall–Kier alpha value is -1.55. The molecule has 1 fully saturated rings. The predicted molar refractivity (Wildman–Crippen MR) is 103 cm³/mol. The molecule has 2 aromatic carbocycles. The van der Waals surface area contributed by atoms with Crippen LogP contribution in [-0.4, -0.2) is 49.6 Å². The van der Waals surface area contributed by atoms with E-state index in [-0.39, 0.29) is 0 Å². The van der Waals surface area contributed by atoms with E-state index in [1.807, 2.05) is 11.8 Å². The van der Waals surface area contributed by atoms with Crippen LogP contribution in [-0.2, 0) is 5.75 Å². The van der Waals surface area contributed by atoms with Gasteiger partial charge < -0.3 is 4.90 Å². The van der Waals surface area contributed by atoms with E-state index in [0.29, 0.717) is 0 Å². The van der Waals surface area contributed by atoms with E-state index >= 15 is 0 Å². The highest BCUT2D eigenvalue weighted by molar-refractivity contribution is 7.98. The van der Waals surface area contributed by atoms with Crippen LogP contribution in [0.3, 0.4) is 0 Å². The summed E-state index contributed by atoms with van der Waals surface area (Å²) >= 11 is 1.96. The van der Waals surface area contributed by atoms with E-state index in [9.17, 15) is 0 Å². The Kier molecular flexibility index (Phi) is 4.74. The molecule has 0 spiro atoms. The van der Waals surface area contributed by atoms with Crippen LogP contribution in [0.25, 0.3) is 5.57 Å². The molecule has 2 heterocycles. The maximum absolute atomic E-state index is 2.57. The Labute approximate surface area is 149 Å². The molecule has 2 nitrogen and oxygen atoms in total. The lowest BCUT2D eigenvalue weighted by Crippen LogP contribution is -2.44. The van der Waals surface area contributed by atoms with Crippen molar-refractivity contribution in [3.05, 3.63) is 71.3 Å². The maximum atomic E-state index is 2.57. The minimum absolute atomic E-state index is 1.04. The van der Waals surface area contributed by atoms with Gasteiger partial charge in [-0.1, -0.05) is 48.5 Å². The number of fused-ring (bicyclic) bond motifs is 2. The third-order valence-electron chi connectivity index (χ3n) is 5.02. The minimum atomic E-state index is 1.04. The molecule has 0 bridgehead atoms. The molecule has 3 heteroatoms. The zero-order chi connectivity index (χ0) is 16.4. The normalized spacial score (nSPS) is 20.5. The van der Waals surface area contributed by atoms with E-state index in [1.165, 1.54) is 53.3 Å². The zero-order valence-corrected chi connectivity index (χ0v) is 15.1. The average Bonchev–Trinajstić information content (AvgIpc) is 2.78. The van der Waals surface area contributed by atoms with Gasteiger partial charge in [-0.05, 0) is 35.4 Å². The Morgan fingerprint density at radius 2 is 1.62 bits per heavy atom. The fraction of sp³-hybridized carbons (Fsp3) is 0.333. The zero-order valence-electron chi connectivity index (χ0n) is 14.2. The molecule has 2 aliphatic rings. The number of benzene rings is 2. The van der Waals surface area contributed by atoms with Gasteiger partial charge in [-0.3, -0.25) is 4.90 Å². The number of likely N-dealkylation sites (N-methyl/N-ethyl adjacent to an activating group) is 1. The Balaban J connectivity index is 1.69. The van der Waals surface area contributed by atoms with Crippen LogP contribution in [0.4, 0.5) is 0 Å². The number of hydrogen-bond acceptors (Lipinski definition) is 3.